The van der Waals surface area contributed by atoms with Crippen molar-refractivity contribution in [2.75, 3.05) is 14.1 Å². The van der Waals surface area contributed by atoms with Gasteiger partial charge in [-0.25, -0.2) is 4.79 Å². The van der Waals surface area contributed by atoms with Gasteiger partial charge in [-0.15, -0.1) is 0 Å². The topological polar surface area (TPSA) is 85.4 Å². The minimum absolute atomic E-state index is 0.00882. The lowest BCUT2D eigenvalue weighted by molar-refractivity contribution is -0.143. The van der Waals surface area contributed by atoms with E-state index in [2.05, 4.69) is 6.92 Å². The van der Waals surface area contributed by atoms with Crippen molar-refractivity contribution in [3.8, 4) is 0 Å². The number of fused-ring (bicyclic) bond motifs is 3. The minimum Gasteiger partial charge on any atom is -0.422 e. The number of carbonyl (C=O) groups is 3. The molecule has 4 fully saturated rings. The van der Waals surface area contributed by atoms with Crippen LogP contribution < -0.4 is 0 Å². The summed E-state index contributed by atoms with van der Waals surface area (Å²) in [5.74, 6) is -1.28. The number of hydrogen-bond acceptors (Lipinski definition) is 7. The third kappa shape index (κ3) is 3.03. The van der Waals surface area contributed by atoms with Crippen LogP contribution in [0.5, 0.6) is 0 Å². The SMILES string of the molecule is CCC(=O)OC1=C(C(=O)OC(=S)N(C)C)[C@@]2(C)C(=CC1=O)CC[C@H]1[C@@H]3CCC[C@@]3(C)C[C@@H]3O[C@@]312. The zero-order valence-electron chi connectivity index (χ0n) is 20.6. The monoisotopic (exact) mass is 487 g/mol. The van der Waals surface area contributed by atoms with Crippen LogP contribution in [-0.4, -0.2) is 53.6 Å². The van der Waals surface area contributed by atoms with E-state index in [-0.39, 0.29) is 40.4 Å². The summed E-state index contributed by atoms with van der Waals surface area (Å²) in [6.07, 6.45) is 7.75. The normalized spacial score (nSPS) is 39.7. The molecule has 0 aromatic rings. The van der Waals surface area contributed by atoms with Gasteiger partial charge in [-0.05, 0) is 74.6 Å². The van der Waals surface area contributed by atoms with E-state index in [0.29, 0.717) is 12.3 Å². The molecule has 8 heteroatoms. The van der Waals surface area contributed by atoms with Crippen molar-refractivity contribution in [3.63, 3.8) is 0 Å². The molecule has 4 aliphatic carbocycles. The Kier molecular flexibility index (Phi) is 5.37. The van der Waals surface area contributed by atoms with Gasteiger partial charge >= 0.3 is 11.9 Å². The van der Waals surface area contributed by atoms with Crippen molar-refractivity contribution in [3.05, 3.63) is 23.0 Å². The van der Waals surface area contributed by atoms with Crippen LogP contribution in [0.3, 0.4) is 0 Å². The highest BCUT2D eigenvalue weighted by Gasteiger charge is 2.80. The van der Waals surface area contributed by atoms with Gasteiger partial charge in [0.05, 0.1) is 17.1 Å². The van der Waals surface area contributed by atoms with Gasteiger partial charge in [0.2, 0.25) is 5.78 Å². The van der Waals surface area contributed by atoms with Crippen molar-refractivity contribution in [1.29, 1.82) is 0 Å². The van der Waals surface area contributed by atoms with Crippen LogP contribution in [0.15, 0.2) is 23.0 Å². The van der Waals surface area contributed by atoms with E-state index < -0.39 is 28.7 Å². The van der Waals surface area contributed by atoms with Crippen molar-refractivity contribution >= 4 is 35.1 Å². The zero-order valence-corrected chi connectivity index (χ0v) is 21.4. The van der Waals surface area contributed by atoms with E-state index in [1.54, 1.807) is 27.1 Å². The first-order chi connectivity index (χ1) is 16.0. The van der Waals surface area contributed by atoms with E-state index >= 15 is 0 Å². The van der Waals surface area contributed by atoms with Crippen LogP contribution in [0.1, 0.15) is 65.7 Å². The molecule has 0 N–H and O–H groups in total. The number of ketones is 1. The Balaban J connectivity index is 1.65. The summed E-state index contributed by atoms with van der Waals surface area (Å²) in [4.78, 5) is 40.7. The maximum absolute atomic E-state index is 13.7. The standard InChI is InChI=1S/C26H33NO6S/c1-6-19(29)31-21-17(28)12-14-9-10-16-15-8-7-11-24(15,2)13-18-26(16,33-18)25(14,3)20(21)22(30)32-23(34)27(4)5/h12,15-16,18H,6-11,13H2,1-5H3/t15-,16-,18-,24-,25+,26+/m0/s1. The molecular weight excluding hydrogens is 454 g/mol. The predicted octanol–water partition coefficient (Wildman–Crippen LogP) is 3.86. The Labute approximate surface area is 205 Å². The van der Waals surface area contributed by atoms with E-state index in [0.717, 1.165) is 24.8 Å². The molecule has 34 heavy (non-hydrogen) atoms. The molecule has 0 bridgehead atoms. The van der Waals surface area contributed by atoms with Gasteiger partial charge in [0.25, 0.3) is 5.17 Å². The van der Waals surface area contributed by atoms with Crippen molar-refractivity contribution in [2.45, 2.75) is 77.4 Å². The Hall–Kier alpha value is -2.06. The second-order valence-electron chi connectivity index (χ2n) is 11.1. The first-order valence-electron chi connectivity index (χ1n) is 12.3. The van der Waals surface area contributed by atoms with Gasteiger partial charge in [-0.3, -0.25) is 9.59 Å². The molecule has 5 rings (SSSR count). The molecule has 0 radical (unpaired) electrons. The number of carbonyl (C=O) groups excluding carboxylic acids is 3. The molecule has 1 heterocycles. The van der Waals surface area contributed by atoms with Crippen molar-refractivity contribution < 1.29 is 28.6 Å². The summed E-state index contributed by atoms with van der Waals surface area (Å²) in [6, 6.07) is 0. The Morgan fingerprint density at radius 2 is 1.97 bits per heavy atom. The lowest BCUT2D eigenvalue weighted by Gasteiger charge is -2.55. The molecule has 6 atom stereocenters. The third-order valence-corrected chi connectivity index (χ3v) is 9.71. The number of esters is 2. The van der Waals surface area contributed by atoms with Crippen LogP contribution >= 0.6 is 12.2 Å². The molecular formula is C26H33NO6S. The number of thiocarbonyl (C=S) groups is 1. The average molecular weight is 488 g/mol. The van der Waals surface area contributed by atoms with Crippen LogP contribution in [0.2, 0.25) is 0 Å². The highest BCUT2D eigenvalue weighted by Crippen LogP contribution is 2.75. The van der Waals surface area contributed by atoms with Crippen molar-refractivity contribution in [2.24, 2.45) is 22.7 Å². The Morgan fingerprint density at radius 3 is 2.65 bits per heavy atom. The molecule has 1 aliphatic heterocycles. The molecule has 5 aliphatic rings. The van der Waals surface area contributed by atoms with Crippen LogP contribution in [0.25, 0.3) is 0 Å². The maximum atomic E-state index is 13.7. The van der Waals surface area contributed by atoms with Gasteiger partial charge in [0, 0.05) is 20.5 Å². The van der Waals surface area contributed by atoms with Gasteiger partial charge in [-0.2, -0.15) is 0 Å². The summed E-state index contributed by atoms with van der Waals surface area (Å²) in [5, 5.41) is -0.0176. The summed E-state index contributed by atoms with van der Waals surface area (Å²) in [6.45, 7) is 6.00. The van der Waals surface area contributed by atoms with Crippen molar-refractivity contribution in [1.82, 2.24) is 4.90 Å². The molecule has 7 nitrogen and oxygen atoms in total. The fourth-order valence-electron chi connectivity index (χ4n) is 7.63. The van der Waals surface area contributed by atoms with Gasteiger partial charge in [-0.1, -0.05) is 25.8 Å². The molecule has 0 unspecified atom stereocenters. The number of ether oxygens (including phenoxy) is 3. The maximum Gasteiger partial charge on any atom is 0.346 e. The lowest BCUT2D eigenvalue weighted by atomic mass is 9.46. The molecule has 0 aromatic heterocycles. The van der Waals surface area contributed by atoms with E-state index in [1.807, 2.05) is 6.92 Å². The number of nitrogens with zero attached hydrogens (tertiary/aromatic N) is 1. The van der Waals surface area contributed by atoms with Crippen LogP contribution in [0.4, 0.5) is 0 Å². The zero-order chi connectivity index (χ0) is 24.6. The number of allylic oxidation sites excluding steroid dienone is 1. The summed E-state index contributed by atoms with van der Waals surface area (Å²) < 4.78 is 17.7. The number of rotatable bonds is 3. The Bertz CT molecular complexity index is 1060. The van der Waals surface area contributed by atoms with Crippen LogP contribution in [-0.2, 0) is 28.6 Å². The first kappa shape index (κ1) is 23.7. The lowest BCUT2D eigenvalue weighted by Crippen LogP contribution is -2.58. The largest absolute Gasteiger partial charge is 0.422 e. The molecule has 184 valence electrons. The molecule has 0 aromatic carbocycles. The second-order valence-corrected chi connectivity index (χ2v) is 11.5. The van der Waals surface area contributed by atoms with E-state index in [9.17, 15) is 14.4 Å². The fraction of sp³-hybridized carbons (Fsp3) is 0.692. The number of hydrogen-bond donors (Lipinski definition) is 0. The summed E-state index contributed by atoms with van der Waals surface area (Å²) in [7, 11) is 3.36. The van der Waals surface area contributed by atoms with E-state index in [4.69, 9.17) is 26.4 Å². The Morgan fingerprint density at radius 1 is 1.24 bits per heavy atom. The average Bonchev–Trinajstić information content (AvgIpc) is 3.36. The molecule has 0 amide bonds. The highest BCUT2D eigenvalue weighted by molar-refractivity contribution is 7.80. The smallest absolute Gasteiger partial charge is 0.346 e. The van der Waals surface area contributed by atoms with Crippen LogP contribution in [0, 0.1) is 22.7 Å². The van der Waals surface area contributed by atoms with Gasteiger partial charge < -0.3 is 19.1 Å². The minimum atomic E-state index is -0.930. The highest BCUT2D eigenvalue weighted by atomic mass is 32.1. The van der Waals surface area contributed by atoms with Gasteiger partial charge in [0.1, 0.15) is 5.60 Å². The number of epoxide rings is 1. The third-order valence-electron chi connectivity index (χ3n) is 9.26. The quantitative estimate of drug-likeness (QED) is 0.337. The summed E-state index contributed by atoms with van der Waals surface area (Å²) >= 11 is 5.24. The predicted molar refractivity (Wildman–Crippen MR) is 127 cm³/mol. The van der Waals surface area contributed by atoms with Gasteiger partial charge in [0.15, 0.2) is 5.76 Å². The molecule has 1 spiro atoms. The molecule has 3 saturated carbocycles. The van der Waals surface area contributed by atoms with E-state index in [1.165, 1.54) is 17.7 Å². The fourth-order valence-corrected chi connectivity index (χ4v) is 7.71. The second kappa shape index (κ2) is 7.72. The summed E-state index contributed by atoms with van der Waals surface area (Å²) in [5.41, 5.74) is -0.358. The molecule has 1 saturated heterocycles. The first-order valence-corrected chi connectivity index (χ1v) is 12.7.